The molecule has 8 heteroatoms. The summed E-state index contributed by atoms with van der Waals surface area (Å²) in [7, 11) is 0. The van der Waals surface area contributed by atoms with E-state index in [-0.39, 0.29) is 5.91 Å². The Hall–Kier alpha value is -3.42. The Bertz CT molecular complexity index is 833. The van der Waals surface area contributed by atoms with Gasteiger partial charge in [0.05, 0.1) is 12.2 Å². The van der Waals surface area contributed by atoms with Gasteiger partial charge in [-0.25, -0.2) is 15.0 Å². The molecule has 0 spiro atoms. The minimum atomic E-state index is -0.182. The van der Waals surface area contributed by atoms with Crippen molar-refractivity contribution >= 4 is 11.7 Å². The quantitative estimate of drug-likeness (QED) is 0.602. The summed E-state index contributed by atoms with van der Waals surface area (Å²) in [6.07, 6.45) is 6.83. The molecule has 0 aromatic carbocycles. The number of aromatic nitrogens is 4. The Labute approximate surface area is 151 Å². The molecule has 0 saturated carbocycles. The van der Waals surface area contributed by atoms with Gasteiger partial charge in [0, 0.05) is 43.8 Å². The molecule has 0 bridgehead atoms. The maximum atomic E-state index is 12.1. The number of ether oxygens (including phenoxy) is 1. The zero-order valence-corrected chi connectivity index (χ0v) is 14.4. The van der Waals surface area contributed by atoms with Gasteiger partial charge in [0.1, 0.15) is 18.0 Å². The number of carbonyl (C=O) groups excluding carboxylic acids is 1. The second-order valence-electron chi connectivity index (χ2n) is 5.35. The van der Waals surface area contributed by atoms with Crippen molar-refractivity contribution < 1.29 is 9.53 Å². The summed E-state index contributed by atoms with van der Waals surface area (Å²) in [6, 6.07) is 9.08. The summed E-state index contributed by atoms with van der Waals surface area (Å²) in [6.45, 7) is 3.42. The SMILES string of the molecule is CCOc1ccc(C(=O)NCCNc2cc(-n3cccc3)ncn2)cn1. The Morgan fingerprint density at radius 3 is 2.73 bits per heavy atom. The van der Waals surface area contributed by atoms with Crippen molar-refractivity contribution in [1.82, 2.24) is 24.8 Å². The first-order valence-electron chi connectivity index (χ1n) is 8.32. The van der Waals surface area contributed by atoms with E-state index in [9.17, 15) is 4.79 Å². The molecule has 8 nitrogen and oxygen atoms in total. The van der Waals surface area contributed by atoms with Gasteiger partial charge in [0.2, 0.25) is 5.88 Å². The van der Waals surface area contributed by atoms with Crippen LogP contribution in [0.3, 0.4) is 0 Å². The van der Waals surface area contributed by atoms with Crippen LogP contribution in [0.25, 0.3) is 5.82 Å². The summed E-state index contributed by atoms with van der Waals surface area (Å²) in [4.78, 5) is 24.6. The standard InChI is InChI=1S/C18H20N6O2/c1-2-26-17-6-5-14(12-21-17)18(25)20-8-7-19-15-11-16(23-13-22-15)24-9-3-4-10-24/h3-6,9-13H,2,7-8H2,1H3,(H,20,25)(H,19,22,23). The van der Waals surface area contributed by atoms with Crippen molar-refractivity contribution in [1.29, 1.82) is 0 Å². The first kappa shape index (κ1) is 17.4. The maximum Gasteiger partial charge on any atom is 0.252 e. The molecule has 0 atom stereocenters. The van der Waals surface area contributed by atoms with E-state index in [1.807, 2.05) is 42.1 Å². The maximum absolute atomic E-state index is 12.1. The van der Waals surface area contributed by atoms with E-state index in [4.69, 9.17) is 4.74 Å². The number of hydrogen-bond donors (Lipinski definition) is 2. The van der Waals surface area contributed by atoms with Crippen LogP contribution >= 0.6 is 0 Å². The predicted molar refractivity (Wildman–Crippen MR) is 97.6 cm³/mol. The van der Waals surface area contributed by atoms with Crippen LogP contribution in [-0.4, -0.2) is 45.1 Å². The van der Waals surface area contributed by atoms with Crippen LogP contribution in [0, 0.1) is 0 Å². The molecule has 3 aromatic heterocycles. The number of carbonyl (C=O) groups is 1. The van der Waals surface area contributed by atoms with Crippen molar-refractivity contribution in [2.75, 3.05) is 25.0 Å². The van der Waals surface area contributed by atoms with E-state index >= 15 is 0 Å². The van der Waals surface area contributed by atoms with Gasteiger partial charge in [-0.15, -0.1) is 0 Å². The fraction of sp³-hybridized carbons (Fsp3) is 0.222. The fourth-order valence-electron chi connectivity index (χ4n) is 2.29. The first-order valence-corrected chi connectivity index (χ1v) is 8.32. The molecule has 26 heavy (non-hydrogen) atoms. The Morgan fingerprint density at radius 2 is 2.00 bits per heavy atom. The molecule has 0 aliphatic carbocycles. The molecule has 3 aromatic rings. The zero-order valence-electron chi connectivity index (χ0n) is 14.4. The molecular weight excluding hydrogens is 332 g/mol. The second kappa shape index (κ2) is 8.61. The summed E-state index contributed by atoms with van der Waals surface area (Å²) >= 11 is 0. The number of nitrogens with zero attached hydrogens (tertiary/aromatic N) is 4. The molecule has 0 radical (unpaired) electrons. The number of rotatable bonds is 8. The largest absolute Gasteiger partial charge is 0.478 e. The Morgan fingerprint density at radius 1 is 1.15 bits per heavy atom. The van der Waals surface area contributed by atoms with Gasteiger partial charge in [-0.1, -0.05) is 0 Å². The van der Waals surface area contributed by atoms with Crippen LogP contribution in [0.15, 0.2) is 55.2 Å². The van der Waals surface area contributed by atoms with Crippen LogP contribution in [0.5, 0.6) is 5.88 Å². The molecule has 3 heterocycles. The van der Waals surface area contributed by atoms with E-state index in [0.717, 1.165) is 5.82 Å². The van der Waals surface area contributed by atoms with Gasteiger partial charge in [0.15, 0.2) is 0 Å². The Balaban J connectivity index is 1.46. The summed E-state index contributed by atoms with van der Waals surface area (Å²) in [5.74, 6) is 1.80. The average Bonchev–Trinajstić information content (AvgIpc) is 3.21. The second-order valence-corrected chi connectivity index (χ2v) is 5.35. The van der Waals surface area contributed by atoms with Gasteiger partial charge in [-0.3, -0.25) is 4.79 Å². The molecule has 3 rings (SSSR count). The lowest BCUT2D eigenvalue weighted by molar-refractivity contribution is 0.0954. The van der Waals surface area contributed by atoms with Gasteiger partial charge in [-0.05, 0) is 25.1 Å². The average molecular weight is 352 g/mol. The van der Waals surface area contributed by atoms with Gasteiger partial charge < -0.3 is 19.9 Å². The molecule has 2 N–H and O–H groups in total. The molecule has 1 amide bonds. The molecule has 0 aliphatic rings. The highest BCUT2D eigenvalue weighted by molar-refractivity contribution is 5.93. The zero-order chi connectivity index (χ0) is 18.2. The molecule has 0 fully saturated rings. The highest BCUT2D eigenvalue weighted by atomic mass is 16.5. The van der Waals surface area contributed by atoms with Crippen LogP contribution in [0.2, 0.25) is 0 Å². The third kappa shape index (κ3) is 4.56. The van der Waals surface area contributed by atoms with Crippen molar-refractivity contribution in [3.05, 3.63) is 60.8 Å². The number of hydrogen-bond acceptors (Lipinski definition) is 6. The molecule has 0 unspecified atom stereocenters. The highest BCUT2D eigenvalue weighted by Gasteiger charge is 2.06. The van der Waals surface area contributed by atoms with Crippen molar-refractivity contribution in [3.63, 3.8) is 0 Å². The molecular formula is C18H20N6O2. The molecule has 0 saturated heterocycles. The Kier molecular flexibility index (Phi) is 5.76. The number of pyridine rings is 1. The summed E-state index contributed by atoms with van der Waals surface area (Å²) < 4.78 is 7.15. The van der Waals surface area contributed by atoms with E-state index < -0.39 is 0 Å². The minimum absolute atomic E-state index is 0.182. The lowest BCUT2D eigenvalue weighted by atomic mass is 10.2. The van der Waals surface area contributed by atoms with Crippen LogP contribution < -0.4 is 15.4 Å². The van der Waals surface area contributed by atoms with E-state index in [1.165, 1.54) is 12.5 Å². The smallest absolute Gasteiger partial charge is 0.252 e. The number of anilines is 1. The molecule has 0 aliphatic heterocycles. The normalized spacial score (nSPS) is 10.3. The van der Waals surface area contributed by atoms with Crippen LogP contribution in [0.1, 0.15) is 17.3 Å². The van der Waals surface area contributed by atoms with Crippen molar-refractivity contribution in [3.8, 4) is 11.7 Å². The minimum Gasteiger partial charge on any atom is -0.478 e. The van der Waals surface area contributed by atoms with E-state index in [1.54, 1.807) is 12.1 Å². The van der Waals surface area contributed by atoms with Crippen molar-refractivity contribution in [2.24, 2.45) is 0 Å². The lowest BCUT2D eigenvalue weighted by Gasteiger charge is -2.09. The van der Waals surface area contributed by atoms with E-state index in [0.29, 0.717) is 37.0 Å². The fourth-order valence-corrected chi connectivity index (χ4v) is 2.29. The monoisotopic (exact) mass is 352 g/mol. The van der Waals surface area contributed by atoms with Gasteiger partial charge in [-0.2, -0.15) is 0 Å². The summed E-state index contributed by atoms with van der Waals surface area (Å²) in [5.41, 5.74) is 0.491. The van der Waals surface area contributed by atoms with Gasteiger partial charge in [0.25, 0.3) is 5.91 Å². The van der Waals surface area contributed by atoms with E-state index in [2.05, 4.69) is 25.6 Å². The highest BCUT2D eigenvalue weighted by Crippen LogP contribution is 2.09. The first-order chi connectivity index (χ1) is 12.8. The third-order valence-corrected chi connectivity index (χ3v) is 3.53. The number of nitrogens with one attached hydrogen (secondary N) is 2. The van der Waals surface area contributed by atoms with Crippen LogP contribution in [-0.2, 0) is 0 Å². The van der Waals surface area contributed by atoms with Gasteiger partial charge >= 0.3 is 0 Å². The topological polar surface area (TPSA) is 94.0 Å². The van der Waals surface area contributed by atoms with Crippen molar-refractivity contribution in [2.45, 2.75) is 6.92 Å². The molecule has 134 valence electrons. The number of amides is 1. The lowest BCUT2D eigenvalue weighted by Crippen LogP contribution is -2.29. The predicted octanol–water partition coefficient (Wildman–Crippen LogP) is 1.90. The summed E-state index contributed by atoms with van der Waals surface area (Å²) in [5, 5.41) is 6.00. The third-order valence-electron chi connectivity index (χ3n) is 3.53. The van der Waals surface area contributed by atoms with Crippen LogP contribution in [0.4, 0.5) is 5.82 Å².